The molecule has 0 unspecified atom stereocenters. The van der Waals surface area contributed by atoms with Gasteiger partial charge in [0.1, 0.15) is 0 Å². The van der Waals surface area contributed by atoms with Crippen molar-refractivity contribution in [2.24, 2.45) is 0 Å². The summed E-state index contributed by atoms with van der Waals surface area (Å²) in [7, 11) is 0. The molecule has 0 aliphatic rings. The summed E-state index contributed by atoms with van der Waals surface area (Å²) in [6.07, 6.45) is 1.77. The van der Waals surface area contributed by atoms with Crippen LogP contribution in [0.1, 0.15) is 5.56 Å². The van der Waals surface area contributed by atoms with Crippen molar-refractivity contribution in [2.75, 3.05) is 0 Å². The Morgan fingerprint density at radius 2 is 2.27 bits per heavy atom. The van der Waals surface area contributed by atoms with E-state index in [-0.39, 0.29) is 0 Å². The maximum atomic E-state index is 8.82. The molecule has 1 heterocycles. The molecule has 0 bridgehead atoms. The van der Waals surface area contributed by atoms with Gasteiger partial charge in [0.05, 0.1) is 11.6 Å². The second kappa shape index (κ2) is 4.79. The minimum Gasteiger partial charge on any atom is -0.238 e. The first-order valence-corrected chi connectivity index (χ1v) is 6.55. The number of halogens is 1. The Morgan fingerprint density at radius 3 is 2.93 bits per heavy atom. The molecule has 0 N–H and O–H groups in total. The third kappa shape index (κ3) is 2.81. The highest BCUT2D eigenvalue weighted by Gasteiger charge is 2.02. The predicted octanol–water partition coefficient (Wildman–Crippen LogP) is 3.93. The average molecular weight is 297 g/mol. The van der Waals surface area contributed by atoms with Crippen LogP contribution < -0.4 is 0 Å². The first kappa shape index (κ1) is 10.7. The number of thiazole rings is 1. The molecule has 0 radical (unpaired) electrons. The molecule has 2 aromatic rings. The molecule has 0 spiro atoms. The van der Waals surface area contributed by atoms with Gasteiger partial charge in [-0.3, -0.25) is 0 Å². The first-order chi connectivity index (χ1) is 7.28. The molecule has 5 heteroatoms. The molecule has 0 aliphatic carbocycles. The monoisotopic (exact) mass is 296 g/mol. The van der Waals surface area contributed by atoms with E-state index in [9.17, 15) is 0 Å². The van der Waals surface area contributed by atoms with Crippen LogP contribution >= 0.6 is 39.0 Å². The van der Waals surface area contributed by atoms with Crippen LogP contribution in [0.5, 0.6) is 0 Å². The normalized spacial score (nSPS) is 9.87. The number of benzene rings is 1. The van der Waals surface area contributed by atoms with Crippen molar-refractivity contribution in [3.05, 3.63) is 39.8 Å². The van der Waals surface area contributed by atoms with Gasteiger partial charge in [0.2, 0.25) is 0 Å². The molecule has 74 valence electrons. The van der Waals surface area contributed by atoms with Gasteiger partial charge in [0.25, 0.3) is 0 Å². The van der Waals surface area contributed by atoms with E-state index < -0.39 is 0 Å². The van der Waals surface area contributed by atoms with Crippen molar-refractivity contribution < 1.29 is 0 Å². The maximum absolute atomic E-state index is 8.82. The average Bonchev–Trinajstić information content (AvgIpc) is 2.69. The van der Waals surface area contributed by atoms with Gasteiger partial charge in [-0.1, -0.05) is 27.7 Å². The molecule has 0 fully saturated rings. The minimum absolute atomic E-state index is 0.656. The Kier molecular flexibility index (Phi) is 3.41. The van der Waals surface area contributed by atoms with Crippen molar-refractivity contribution in [3.8, 4) is 6.07 Å². The summed E-state index contributed by atoms with van der Waals surface area (Å²) in [6, 6.07) is 7.76. The van der Waals surface area contributed by atoms with Crippen LogP contribution in [-0.4, -0.2) is 4.98 Å². The van der Waals surface area contributed by atoms with Crippen LogP contribution in [0.25, 0.3) is 0 Å². The lowest BCUT2D eigenvalue weighted by Gasteiger charge is -1.99. The van der Waals surface area contributed by atoms with Crippen LogP contribution in [0.3, 0.4) is 0 Å². The number of nitrogens with zero attached hydrogens (tertiary/aromatic N) is 2. The molecule has 15 heavy (non-hydrogen) atoms. The second-order valence-electron chi connectivity index (χ2n) is 2.69. The van der Waals surface area contributed by atoms with Crippen LogP contribution in [-0.2, 0) is 0 Å². The summed E-state index contributed by atoms with van der Waals surface area (Å²) in [6.45, 7) is 0. The zero-order chi connectivity index (χ0) is 10.7. The van der Waals surface area contributed by atoms with Crippen molar-refractivity contribution in [1.82, 2.24) is 4.98 Å². The fraction of sp³-hybridized carbons (Fsp3) is 0. The fourth-order valence-electron chi connectivity index (χ4n) is 1.05. The van der Waals surface area contributed by atoms with Crippen molar-refractivity contribution in [2.45, 2.75) is 9.24 Å². The van der Waals surface area contributed by atoms with Crippen molar-refractivity contribution >= 4 is 39.0 Å². The summed E-state index contributed by atoms with van der Waals surface area (Å²) in [4.78, 5) is 5.20. The SMILES string of the molecule is N#Cc1cc(Br)cc(Sc2nccs2)c1. The largest absolute Gasteiger partial charge is 0.238 e. The van der Waals surface area contributed by atoms with Gasteiger partial charge in [-0.15, -0.1) is 11.3 Å². The van der Waals surface area contributed by atoms with Gasteiger partial charge in [0.15, 0.2) is 4.34 Å². The lowest BCUT2D eigenvalue weighted by atomic mass is 10.2. The molecule has 0 aliphatic heterocycles. The third-order valence-corrected chi connectivity index (χ3v) is 3.93. The lowest BCUT2D eigenvalue weighted by Crippen LogP contribution is -1.78. The van der Waals surface area contributed by atoms with E-state index in [0.717, 1.165) is 13.7 Å². The van der Waals surface area contributed by atoms with Crippen molar-refractivity contribution in [3.63, 3.8) is 0 Å². The maximum Gasteiger partial charge on any atom is 0.154 e. The summed E-state index contributed by atoms with van der Waals surface area (Å²) in [5.41, 5.74) is 0.656. The molecule has 2 rings (SSSR count). The van der Waals surface area contributed by atoms with E-state index in [1.54, 1.807) is 35.4 Å². The number of nitriles is 1. The zero-order valence-corrected chi connectivity index (χ0v) is 10.7. The topological polar surface area (TPSA) is 36.7 Å². The Hall–Kier alpha value is -0.830. The second-order valence-corrected chi connectivity index (χ2v) is 5.82. The summed E-state index contributed by atoms with van der Waals surface area (Å²) in [5.74, 6) is 0. The Labute approximate surface area is 104 Å². The number of aromatic nitrogens is 1. The molecular weight excluding hydrogens is 292 g/mol. The van der Waals surface area contributed by atoms with Gasteiger partial charge in [-0.05, 0) is 18.2 Å². The van der Waals surface area contributed by atoms with E-state index >= 15 is 0 Å². The van der Waals surface area contributed by atoms with Gasteiger partial charge in [0, 0.05) is 20.9 Å². The van der Waals surface area contributed by atoms with Gasteiger partial charge in [-0.25, -0.2) is 4.98 Å². The molecule has 0 atom stereocenters. The lowest BCUT2D eigenvalue weighted by molar-refractivity contribution is 1.24. The number of hydrogen-bond acceptors (Lipinski definition) is 4. The van der Waals surface area contributed by atoms with Crippen LogP contribution in [0.15, 0.2) is 43.5 Å². The quantitative estimate of drug-likeness (QED) is 0.842. The van der Waals surface area contributed by atoms with Crippen molar-refractivity contribution in [1.29, 1.82) is 5.26 Å². The molecule has 1 aromatic heterocycles. The number of rotatable bonds is 2. The molecule has 0 saturated carbocycles. The molecule has 0 saturated heterocycles. The Balaban J connectivity index is 2.29. The smallest absolute Gasteiger partial charge is 0.154 e. The summed E-state index contributed by atoms with van der Waals surface area (Å²) in [5, 5.41) is 10.8. The zero-order valence-electron chi connectivity index (χ0n) is 7.48. The van der Waals surface area contributed by atoms with Crippen LogP contribution in [0, 0.1) is 11.3 Å². The van der Waals surface area contributed by atoms with Gasteiger partial charge < -0.3 is 0 Å². The Morgan fingerprint density at radius 1 is 1.40 bits per heavy atom. The molecular formula is C10H5BrN2S2. The van der Waals surface area contributed by atoms with Gasteiger partial charge >= 0.3 is 0 Å². The summed E-state index contributed by atoms with van der Waals surface area (Å²) < 4.78 is 1.90. The highest BCUT2D eigenvalue weighted by atomic mass is 79.9. The van der Waals surface area contributed by atoms with Gasteiger partial charge in [-0.2, -0.15) is 5.26 Å². The minimum atomic E-state index is 0.656. The van der Waals surface area contributed by atoms with E-state index in [4.69, 9.17) is 5.26 Å². The van der Waals surface area contributed by atoms with E-state index in [0.29, 0.717) is 5.56 Å². The van der Waals surface area contributed by atoms with E-state index in [1.165, 1.54) is 0 Å². The van der Waals surface area contributed by atoms with E-state index in [1.807, 2.05) is 17.5 Å². The van der Waals surface area contributed by atoms with Crippen LogP contribution in [0.2, 0.25) is 0 Å². The summed E-state index contributed by atoms with van der Waals surface area (Å²) >= 11 is 6.53. The molecule has 0 amide bonds. The fourth-order valence-corrected chi connectivity index (χ4v) is 3.39. The first-order valence-electron chi connectivity index (χ1n) is 4.06. The molecule has 1 aromatic carbocycles. The third-order valence-electron chi connectivity index (χ3n) is 1.62. The standard InChI is InChI=1S/C10H5BrN2S2/c11-8-3-7(6-12)4-9(5-8)15-10-13-1-2-14-10/h1-5H. The van der Waals surface area contributed by atoms with E-state index in [2.05, 4.69) is 27.0 Å². The predicted molar refractivity (Wildman–Crippen MR) is 65.1 cm³/mol. The molecule has 2 nitrogen and oxygen atoms in total. The Bertz CT molecular complexity index is 503. The highest BCUT2D eigenvalue weighted by Crippen LogP contribution is 2.31. The van der Waals surface area contributed by atoms with Crippen LogP contribution in [0.4, 0.5) is 0 Å². The number of hydrogen-bond donors (Lipinski definition) is 0. The highest BCUT2D eigenvalue weighted by molar-refractivity contribution is 9.10.